The van der Waals surface area contributed by atoms with E-state index in [1.165, 1.54) is 18.3 Å². The van der Waals surface area contributed by atoms with Gasteiger partial charge in [0.05, 0.1) is 27.4 Å². The van der Waals surface area contributed by atoms with E-state index in [1.807, 2.05) is 30.3 Å². The van der Waals surface area contributed by atoms with Crippen molar-refractivity contribution in [2.45, 2.75) is 0 Å². The second-order valence-corrected chi connectivity index (χ2v) is 7.10. The number of carbonyl (C=O) groups excluding carboxylic acids is 1. The van der Waals surface area contributed by atoms with Crippen LogP contribution in [-0.4, -0.2) is 26.8 Å². The maximum absolute atomic E-state index is 12.3. The van der Waals surface area contributed by atoms with E-state index in [-0.39, 0.29) is 5.69 Å². The molecule has 0 bridgehead atoms. The van der Waals surface area contributed by atoms with Gasteiger partial charge in [0.25, 0.3) is 11.6 Å². The molecule has 0 aliphatic heterocycles. The van der Waals surface area contributed by atoms with Gasteiger partial charge in [-0.2, -0.15) is 10.2 Å². The van der Waals surface area contributed by atoms with Crippen LogP contribution in [0.25, 0.3) is 16.9 Å². The zero-order valence-electron chi connectivity index (χ0n) is 16.6. The fourth-order valence-electron chi connectivity index (χ4n) is 3.03. The Morgan fingerprint density at radius 3 is 2.41 bits per heavy atom. The largest absolute Gasteiger partial charge is 0.272 e. The number of aromatic nitrogens is 2. The van der Waals surface area contributed by atoms with Crippen LogP contribution in [0.4, 0.5) is 5.69 Å². The van der Waals surface area contributed by atoms with Crippen LogP contribution < -0.4 is 5.43 Å². The molecule has 0 aliphatic rings. The number of carbonyl (C=O) groups is 1. The Bertz CT molecular complexity index is 1300. The molecule has 1 aromatic heterocycles. The third-order valence-electron chi connectivity index (χ3n) is 4.60. The molecule has 1 amide bonds. The first-order valence-corrected chi connectivity index (χ1v) is 9.88. The molecule has 3 aromatic carbocycles. The summed E-state index contributed by atoms with van der Waals surface area (Å²) in [6.07, 6.45) is 3.22. The van der Waals surface area contributed by atoms with Crippen LogP contribution in [0.2, 0.25) is 5.02 Å². The summed E-state index contributed by atoms with van der Waals surface area (Å²) in [6, 6.07) is 22.2. The van der Waals surface area contributed by atoms with Crippen LogP contribution in [0.3, 0.4) is 0 Å². The van der Waals surface area contributed by atoms with Gasteiger partial charge >= 0.3 is 0 Å². The number of nitro groups is 1. The van der Waals surface area contributed by atoms with Crippen molar-refractivity contribution in [1.29, 1.82) is 0 Å². The number of amides is 1. The SMILES string of the molecule is O=C(N/N=C\c1cn(-c2ccc([N+](=O)[O-])cc2)nc1-c1ccccc1)c1ccccc1Cl. The van der Waals surface area contributed by atoms with E-state index in [2.05, 4.69) is 15.6 Å². The van der Waals surface area contributed by atoms with E-state index in [0.29, 0.717) is 27.5 Å². The molecule has 1 heterocycles. The third-order valence-corrected chi connectivity index (χ3v) is 4.93. The Labute approximate surface area is 187 Å². The summed E-state index contributed by atoms with van der Waals surface area (Å²) in [6.45, 7) is 0. The van der Waals surface area contributed by atoms with Crippen molar-refractivity contribution < 1.29 is 9.72 Å². The maximum atomic E-state index is 12.3. The van der Waals surface area contributed by atoms with Crippen molar-refractivity contribution >= 4 is 29.4 Å². The summed E-state index contributed by atoms with van der Waals surface area (Å²) < 4.78 is 1.60. The molecule has 0 radical (unpaired) electrons. The maximum Gasteiger partial charge on any atom is 0.272 e. The smallest absolute Gasteiger partial charge is 0.267 e. The molecule has 4 rings (SSSR count). The molecule has 9 heteroatoms. The van der Waals surface area contributed by atoms with Gasteiger partial charge < -0.3 is 0 Å². The van der Waals surface area contributed by atoms with Gasteiger partial charge in [0.2, 0.25) is 0 Å². The molecular formula is C23H16ClN5O3. The minimum Gasteiger partial charge on any atom is -0.267 e. The summed E-state index contributed by atoms with van der Waals surface area (Å²) in [5.74, 6) is -0.434. The molecule has 32 heavy (non-hydrogen) atoms. The van der Waals surface area contributed by atoms with E-state index in [0.717, 1.165) is 5.56 Å². The number of nitro benzene ring substituents is 1. The molecule has 0 saturated heterocycles. The van der Waals surface area contributed by atoms with Gasteiger partial charge in [-0.05, 0) is 24.3 Å². The van der Waals surface area contributed by atoms with Crippen molar-refractivity contribution in [2.75, 3.05) is 0 Å². The molecule has 0 atom stereocenters. The topological polar surface area (TPSA) is 102 Å². The molecule has 8 nitrogen and oxygen atoms in total. The lowest BCUT2D eigenvalue weighted by molar-refractivity contribution is -0.384. The van der Waals surface area contributed by atoms with E-state index in [1.54, 1.807) is 47.3 Å². The second kappa shape index (κ2) is 9.23. The van der Waals surface area contributed by atoms with E-state index in [4.69, 9.17) is 11.6 Å². The van der Waals surface area contributed by atoms with Crippen molar-refractivity contribution in [3.8, 4) is 16.9 Å². The normalized spacial score (nSPS) is 10.9. The predicted octanol–water partition coefficient (Wildman–Crippen LogP) is 4.86. The van der Waals surface area contributed by atoms with Crippen LogP contribution >= 0.6 is 11.6 Å². The third kappa shape index (κ3) is 4.55. The van der Waals surface area contributed by atoms with Gasteiger partial charge in [0, 0.05) is 29.5 Å². The van der Waals surface area contributed by atoms with Crippen LogP contribution in [0, 0.1) is 10.1 Å². The van der Waals surface area contributed by atoms with Crippen LogP contribution in [0.1, 0.15) is 15.9 Å². The number of nitrogens with zero attached hydrogens (tertiary/aromatic N) is 4. The number of rotatable bonds is 6. The monoisotopic (exact) mass is 445 g/mol. The first kappa shape index (κ1) is 21.0. The fraction of sp³-hybridized carbons (Fsp3) is 0. The van der Waals surface area contributed by atoms with Crippen molar-refractivity contribution in [1.82, 2.24) is 15.2 Å². The Balaban J connectivity index is 1.64. The van der Waals surface area contributed by atoms with E-state index >= 15 is 0 Å². The number of hydrogen-bond donors (Lipinski definition) is 1. The molecule has 158 valence electrons. The predicted molar refractivity (Wildman–Crippen MR) is 122 cm³/mol. The highest BCUT2D eigenvalue weighted by Gasteiger charge is 2.13. The Morgan fingerprint density at radius 1 is 1.03 bits per heavy atom. The average Bonchev–Trinajstić information content (AvgIpc) is 3.24. The molecule has 4 aromatic rings. The van der Waals surface area contributed by atoms with Crippen LogP contribution in [0.15, 0.2) is 90.2 Å². The molecular weight excluding hydrogens is 430 g/mol. The van der Waals surface area contributed by atoms with E-state index < -0.39 is 10.8 Å². The first-order chi connectivity index (χ1) is 15.5. The lowest BCUT2D eigenvalue weighted by Crippen LogP contribution is -2.17. The van der Waals surface area contributed by atoms with Crippen LogP contribution in [-0.2, 0) is 0 Å². The van der Waals surface area contributed by atoms with Gasteiger partial charge in [0.1, 0.15) is 5.69 Å². The molecule has 1 N–H and O–H groups in total. The summed E-state index contributed by atoms with van der Waals surface area (Å²) in [5.41, 5.74) is 5.57. The number of nitrogens with one attached hydrogen (secondary N) is 1. The molecule has 0 saturated carbocycles. The molecule has 0 fully saturated rings. The number of non-ortho nitro benzene ring substituents is 1. The summed E-state index contributed by atoms with van der Waals surface area (Å²) in [4.78, 5) is 22.8. The van der Waals surface area contributed by atoms with Crippen molar-refractivity contribution in [3.05, 3.63) is 111 Å². The average molecular weight is 446 g/mol. The zero-order chi connectivity index (χ0) is 22.5. The highest BCUT2D eigenvalue weighted by molar-refractivity contribution is 6.33. The molecule has 0 spiro atoms. The van der Waals surface area contributed by atoms with Gasteiger partial charge in [-0.25, -0.2) is 10.1 Å². The first-order valence-electron chi connectivity index (χ1n) is 9.51. The lowest BCUT2D eigenvalue weighted by atomic mass is 10.1. The van der Waals surface area contributed by atoms with Crippen LogP contribution in [0.5, 0.6) is 0 Å². The molecule has 0 unspecified atom stereocenters. The highest BCUT2D eigenvalue weighted by Crippen LogP contribution is 2.23. The van der Waals surface area contributed by atoms with Gasteiger partial charge in [-0.1, -0.05) is 54.1 Å². The minimum atomic E-state index is -0.456. The van der Waals surface area contributed by atoms with E-state index in [9.17, 15) is 14.9 Å². The number of benzene rings is 3. The second-order valence-electron chi connectivity index (χ2n) is 6.70. The number of hydrazone groups is 1. The molecule has 0 aliphatic carbocycles. The van der Waals surface area contributed by atoms with Crippen molar-refractivity contribution in [3.63, 3.8) is 0 Å². The highest BCUT2D eigenvalue weighted by atomic mass is 35.5. The Hall–Kier alpha value is -4.30. The number of halogens is 1. The summed E-state index contributed by atoms with van der Waals surface area (Å²) in [5, 5.41) is 19.9. The summed E-state index contributed by atoms with van der Waals surface area (Å²) in [7, 11) is 0. The fourth-order valence-corrected chi connectivity index (χ4v) is 3.25. The summed E-state index contributed by atoms with van der Waals surface area (Å²) >= 11 is 6.05. The quantitative estimate of drug-likeness (QED) is 0.260. The van der Waals surface area contributed by atoms with Gasteiger partial charge in [-0.3, -0.25) is 14.9 Å². The standard InChI is InChI=1S/C23H16ClN5O3/c24-21-9-5-4-8-20(21)23(30)26-25-14-17-15-28(18-10-12-19(13-11-18)29(31)32)27-22(17)16-6-2-1-3-7-16/h1-15H,(H,26,30)/b25-14-. The van der Waals surface area contributed by atoms with Gasteiger partial charge in [0.15, 0.2) is 0 Å². The van der Waals surface area contributed by atoms with Gasteiger partial charge in [-0.15, -0.1) is 0 Å². The minimum absolute atomic E-state index is 0.00624. The Morgan fingerprint density at radius 2 is 1.72 bits per heavy atom. The van der Waals surface area contributed by atoms with Crippen molar-refractivity contribution in [2.24, 2.45) is 5.10 Å². The number of hydrogen-bond acceptors (Lipinski definition) is 5. The Kier molecular flexibility index (Phi) is 6.05. The lowest BCUT2D eigenvalue weighted by Gasteiger charge is -2.01. The zero-order valence-corrected chi connectivity index (χ0v) is 17.3.